The van der Waals surface area contributed by atoms with Gasteiger partial charge >= 0.3 is 0 Å². The van der Waals surface area contributed by atoms with Crippen molar-refractivity contribution in [2.24, 2.45) is 5.73 Å². The lowest BCUT2D eigenvalue weighted by Crippen LogP contribution is -2.11. The molecule has 0 saturated heterocycles. The van der Waals surface area contributed by atoms with E-state index in [0.717, 1.165) is 5.56 Å². The Morgan fingerprint density at radius 3 is 2.71 bits per heavy atom. The first-order chi connectivity index (χ1) is 6.65. The van der Waals surface area contributed by atoms with Crippen LogP contribution in [0.15, 0.2) is 12.1 Å². The molecule has 0 spiro atoms. The normalized spacial score (nSPS) is 12.9. The smallest absolute Gasteiger partial charge is 0.135 e. The second-order valence-corrected chi connectivity index (χ2v) is 3.73. The summed E-state index contributed by atoms with van der Waals surface area (Å²) in [5.41, 5.74) is 6.62. The lowest BCUT2D eigenvalue weighted by atomic mass is 10.1. The van der Waals surface area contributed by atoms with Crippen LogP contribution in [0.3, 0.4) is 0 Å². The van der Waals surface area contributed by atoms with Gasteiger partial charge in [0.25, 0.3) is 0 Å². The molecule has 1 atom stereocenters. The predicted molar refractivity (Wildman–Crippen MR) is 57.5 cm³/mol. The van der Waals surface area contributed by atoms with Gasteiger partial charge < -0.3 is 10.8 Å². The minimum atomic E-state index is -0.195. The predicted octanol–water partition coefficient (Wildman–Crippen LogP) is 2.16. The number of hydrogen-bond donors (Lipinski definition) is 2. The number of aliphatic hydroxyl groups excluding tert-OH is 1. The lowest BCUT2D eigenvalue weighted by Gasteiger charge is -2.12. The van der Waals surface area contributed by atoms with E-state index in [4.69, 9.17) is 34.0 Å². The van der Waals surface area contributed by atoms with Gasteiger partial charge in [0.15, 0.2) is 0 Å². The summed E-state index contributed by atoms with van der Waals surface area (Å²) >= 11 is 11.5. The monoisotopic (exact) mass is 234 g/mol. The maximum atomic E-state index is 8.65. The maximum Gasteiger partial charge on any atom is 0.135 e. The fraction of sp³-hybridized carbons (Fsp3) is 0.444. The van der Waals surface area contributed by atoms with E-state index in [1.807, 2.05) is 0 Å². The maximum absolute atomic E-state index is 8.65. The van der Waals surface area contributed by atoms with E-state index in [9.17, 15) is 0 Å². The molecule has 0 amide bonds. The summed E-state index contributed by atoms with van der Waals surface area (Å²) in [4.78, 5) is 3.89. The van der Waals surface area contributed by atoms with Gasteiger partial charge in [-0.25, -0.2) is 4.98 Å². The third-order valence-electron chi connectivity index (χ3n) is 1.92. The van der Waals surface area contributed by atoms with Gasteiger partial charge in [0, 0.05) is 18.2 Å². The fourth-order valence-corrected chi connectivity index (χ4v) is 1.65. The molecule has 0 aliphatic heterocycles. The molecule has 0 bridgehead atoms. The van der Waals surface area contributed by atoms with Crippen molar-refractivity contribution in [3.63, 3.8) is 0 Å². The molecular formula is C9H12Cl2N2O. The highest BCUT2D eigenvalue weighted by molar-refractivity contribution is 6.32. The second kappa shape index (κ2) is 5.51. The number of pyridine rings is 1. The topological polar surface area (TPSA) is 59.1 Å². The number of hydrogen-bond acceptors (Lipinski definition) is 3. The zero-order valence-electron chi connectivity index (χ0n) is 7.58. The Kier molecular flexibility index (Phi) is 4.62. The number of halogens is 2. The average molecular weight is 235 g/mol. The van der Waals surface area contributed by atoms with Crippen molar-refractivity contribution in [2.45, 2.75) is 18.9 Å². The van der Waals surface area contributed by atoms with Crippen molar-refractivity contribution >= 4 is 23.2 Å². The first-order valence-electron chi connectivity index (χ1n) is 4.33. The van der Waals surface area contributed by atoms with Crippen molar-refractivity contribution < 1.29 is 5.11 Å². The Bertz CT molecular complexity index is 307. The molecule has 1 rings (SSSR count). The summed E-state index contributed by atoms with van der Waals surface area (Å²) < 4.78 is 0. The van der Waals surface area contributed by atoms with Gasteiger partial charge in [0.05, 0.1) is 0 Å². The molecule has 5 heteroatoms. The molecule has 0 aliphatic rings. The molecule has 3 nitrogen and oxygen atoms in total. The molecule has 0 fully saturated rings. The molecule has 0 radical (unpaired) electrons. The second-order valence-electron chi connectivity index (χ2n) is 2.99. The molecule has 78 valence electrons. The highest BCUT2D eigenvalue weighted by atomic mass is 35.5. The summed E-state index contributed by atoms with van der Waals surface area (Å²) in [5, 5.41) is 9.34. The Labute approximate surface area is 92.9 Å². The third-order valence-corrected chi connectivity index (χ3v) is 2.43. The van der Waals surface area contributed by atoms with Gasteiger partial charge in [0.1, 0.15) is 10.3 Å². The number of aromatic nitrogens is 1. The lowest BCUT2D eigenvalue weighted by molar-refractivity contribution is 0.280. The standard InChI is InChI=1S/C9H12Cl2N2O/c10-8-4-3-6(9(11)13-8)7(12)2-1-5-14/h3-4,7,14H,1-2,5,12H2/t7-/m0/s1. The van der Waals surface area contributed by atoms with Crippen molar-refractivity contribution in [1.29, 1.82) is 0 Å². The van der Waals surface area contributed by atoms with Gasteiger partial charge in [-0.3, -0.25) is 0 Å². The molecule has 3 N–H and O–H groups in total. The van der Waals surface area contributed by atoms with E-state index in [2.05, 4.69) is 4.98 Å². The molecule has 0 saturated carbocycles. The molecule has 0 unspecified atom stereocenters. The minimum absolute atomic E-state index is 0.131. The number of aliphatic hydroxyl groups is 1. The number of nitrogens with two attached hydrogens (primary N) is 1. The zero-order valence-corrected chi connectivity index (χ0v) is 9.09. The van der Waals surface area contributed by atoms with E-state index in [1.54, 1.807) is 12.1 Å². The van der Waals surface area contributed by atoms with E-state index in [1.165, 1.54) is 0 Å². The molecular weight excluding hydrogens is 223 g/mol. The summed E-state index contributed by atoms with van der Waals surface area (Å²) in [7, 11) is 0. The van der Waals surface area contributed by atoms with Crippen LogP contribution in [-0.2, 0) is 0 Å². The summed E-state index contributed by atoms with van der Waals surface area (Å²) in [5.74, 6) is 0. The zero-order chi connectivity index (χ0) is 10.6. The van der Waals surface area contributed by atoms with Crippen LogP contribution in [0.2, 0.25) is 10.3 Å². The average Bonchev–Trinajstić information content (AvgIpc) is 2.14. The van der Waals surface area contributed by atoms with Gasteiger partial charge in [0.2, 0.25) is 0 Å². The van der Waals surface area contributed by atoms with Crippen LogP contribution >= 0.6 is 23.2 Å². The van der Waals surface area contributed by atoms with Crippen LogP contribution in [0.5, 0.6) is 0 Å². The highest BCUT2D eigenvalue weighted by Crippen LogP contribution is 2.24. The van der Waals surface area contributed by atoms with Gasteiger partial charge in [-0.1, -0.05) is 29.3 Å². The van der Waals surface area contributed by atoms with E-state index < -0.39 is 0 Å². The summed E-state index contributed by atoms with van der Waals surface area (Å²) in [6, 6.07) is 3.22. The SMILES string of the molecule is N[C@@H](CCCO)c1ccc(Cl)nc1Cl. The third kappa shape index (κ3) is 3.10. The van der Waals surface area contributed by atoms with Crippen molar-refractivity contribution in [3.05, 3.63) is 28.0 Å². The molecule has 14 heavy (non-hydrogen) atoms. The van der Waals surface area contributed by atoms with Crippen molar-refractivity contribution in [2.75, 3.05) is 6.61 Å². The number of rotatable bonds is 4. The Morgan fingerprint density at radius 1 is 1.43 bits per heavy atom. The van der Waals surface area contributed by atoms with E-state index in [-0.39, 0.29) is 12.6 Å². The van der Waals surface area contributed by atoms with Crippen LogP contribution < -0.4 is 5.73 Å². The highest BCUT2D eigenvalue weighted by Gasteiger charge is 2.10. The Morgan fingerprint density at radius 2 is 2.14 bits per heavy atom. The Balaban J connectivity index is 2.74. The van der Waals surface area contributed by atoms with Gasteiger partial charge in [-0.05, 0) is 18.9 Å². The number of nitrogens with zero attached hydrogens (tertiary/aromatic N) is 1. The molecule has 1 aromatic rings. The van der Waals surface area contributed by atoms with Crippen molar-refractivity contribution in [3.8, 4) is 0 Å². The van der Waals surface area contributed by atoms with E-state index in [0.29, 0.717) is 23.1 Å². The fourth-order valence-electron chi connectivity index (χ4n) is 1.17. The van der Waals surface area contributed by atoms with Crippen LogP contribution in [0.4, 0.5) is 0 Å². The first-order valence-corrected chi connectivity index (χ1v) is 5.09. The van der Waals surface area contributed by atoms with Crippen LogP contribution in [-0.4, -0.2) is 16.7 Å². The molecule has 1 aromatic heterocycles. The minimum Gasteiger partial charge on any atom is -0.396 e. The van der Waals surface area contributed by atoms with Gasteiger partial charge in [-0.15, -0.1) is 0 Å². The quantitative estimate of drug-likeness (QED) is 0.786. The van der Waals surface area contributed by atoms with Gasteiger partial charge in [-0.2, -0.15) is 0 Å². The largest absolute Gasteiger partial charge is 0.396 e. The van der Waals surface area contributed by atoms with Crippen LogP contribution in [0, 0.1) is 0 Å². The molecule has 0 aliphatic carbocycles. The Hall–Kier alpha value is -0.350. The molecule has 0 aromatic carbocycles. The first kappa shape index (κ1) is 11.7. The summed E-state index contributed by atoms with van der Waals surface area (Å²) in [6.07, 6.45) is 1.33. The van der Waals surface area contributed by atoms with Crippen LogP contribution in [0.1, 0.15) is 24.4 Å². The van der Waals surface area contributed by atoms with Crippen molar-refractivity contribution in [1.82, 2.24) is 4.98 Å². The van der Waals surface area contributed by atoms with Crippen LogP contribution in [0.25, 0.3) is 0 Å². The van der Waals surface area contributed by atoms with E-state index >= 15 is 0 Å². The summed E-state index contributed by atoms with van der Waals surface area (Å²) in [6.45, 7) is 0.131. The molecule has 1 heterocycles.